The van der Waals surface area contributed by atoms with Crippen molar-refractivity contribution in [3.63, 3.8) is 0 Å². The Labute approximate surface area is 152 Å². The topological polar surface area (TPSA) is 95.9 Å². The van der Waals surface area contributed by atoms with Gasteiger partial charge in [0.2, 0.25) is 5.76 Å². The van der Waals surface area contributed by atoms with Gasteiger partial charge in [0.15, 0.2) is 4.80 Å². The minimum Gasteiger partial charge on any atom is -0.465 e. The van der Waals surface area contributed by atoms with E-state index in [-0.39, 0.29) is 5.76 Å². The van der Waals surface area contributed by atoms with Gasteiger partial charge in [0.1, 0.15) is 0 Å². The van der Waals surface area contributed by atoms with E-state index in [2.05, 4.69) is 10.1 Å². The van der Waals surface area contributed by atoms with Gasteiger partial charge < -0.3 is 18.6 Å². The van der Waals surface area contributed by atoms with E-state index in [9.17, 15) is 9.59 Å². The number of aromatic nitrogens is 2. The lowest BCUT2D eigenvalue weighted by molar-refractivity contribution is 0.0600. The Balaban J connectivity index is 2.08. The molecule has 0 saturated heterocycles. The lowest BCUT2D eigenvalue weighted by Crippen LogP contribution is -2.19. The first-order chi connectivity index (χ1) is 12.6. The normalized spacial score (nSPS) is 11.8. The van der Waals surface area contributed by atoms with E-state index in [1.165, 1.54) is 30.7 Å². The summed E-state index contributed by atoms with van der Waals surface area (Å²) in [6, 6.07) is 6.67. The predicted molar refractivity (Wildman–Crippen MR) is 94.0 cm³/mol. The average Bonchev–Trinajstić information content (AvgIpc) is 3.29. The van der Waals surface area contributed by atoms with Gasteiger partial charge in [-0.15, -0.1) is 0 Å². The highest BCUT2D eigenvalue weighted by Crippen LogP contribution is 2.20. The van der Waals surface area contributed by atoms with Crippen molar-refractivity contribution in [1.82, 2.24) is 9.72 Å². The molecule has 0 N–H and O–H groups in total. The van der Waals surface area contributed by atoms with Gasteiger partial charge in [-0.05, 0) is 25.1 Å². The van der Waals surface area contributed by atoms with Gasteiger partial charge in [0.05, 0.1) is 35.7 Å². The number of hydrogen-bond acceptors (Lipinski definition) is 7. The summed E-state index contributed by atoms with van der Waals surface area (Å²) in [5.41, 5.74) is 1.29. The molecule has 9 heteroatoms. The van der Waals surface area contributed by atoms with E-state index in [0.717, 1.165) is 10.2 Å². The molecular weight excluding hydrogens is 358 g/mol. The van der Waals surface area contributed by atoms with Crippen LogP contribution in [0.25, 0.3) is 10.2 Å². The number of fused-ring (bicyclic) bond motifs is 1. The molecule has 3 rings (SSSR count). The number of ether oxygens (including phenoxy) is 2. The molecule has 136 valence electrons. The first-order valence-corrected chi connectivity index (χ1v) is 8.75. The lowest BCUT2D eigenvalue weighted by atomic mass is 10.2. The van der Waals surface area contributed by atoms with Gasteiger partial charge in [-0.2, -0.15) is 4.99 Å². The highest BCUT2D eigenvalue weighted by Gasteiger charge is 2.14. The van der Waals surface area contributed by atoms with E-state index >= 15 is 0 Å². The quantitative estimate of drug-likeness (QED) is 0.484. The Morgan fingerprint density at radius 1 is 1.35 bits per heavy atom. The van der Waals surface area contributed by atoms with Crippen molar-refractivity contribution >= 4 is 33.4 Å². The Kier molecular flexibility index (Phi) is 5.59. The minimum absolute atomic E-state index is 0.0639. The highest BCUT2D eigenvalue weighted by molar-refractivity contribution is 7.16. The zero-order valence-electron chi connectivity index (χ0n) is 14.3. The molecule has 26 heavy (non-hydrogen) atoms. The zero-order valence-corrected chi connectivity index (χ0v) is 15.1. The minimum atomic E-state index is -0.521. The molecule has 3 aromatic rings. The second kappa shape index (κ2) is 8.07. The molecule has 0 fully saturated rings. The van der Waals surface area contributed by atoms with E-state index in [4.69, 9.17) is 14.0 Å². The number of esters is 1. The van der Waals surface area contributed by atoms with Gasteiger partial charge in [0.25, 0.3) is 0 Å². The van der Waals surface area contributed by atoms with Crippen LogP contribution in [-0.4, -0.2) is 41.9 Å². The Morgan fingerprint density at radius 2 is 2.19 bits per heavy atom. The fourth-order valence-corrected chi connectivity index (χ4v) is 3.48. The lowest BCUT2D eigenvalue weighted by Gasteiger charge is -2.05. The van der Waals surface area contributed by atoms with Crippen molar-refractivity contribution in [1.29, 1.82) is 0 Å². The number of carbonyl (C=O) groups excluding carboxylic acids is 2. The second-order valence-electron chi connectivity index (χ2n) is 5.20. The Bertz CT molecular complexity index is 988. The van der Waals surface area contributed by atoms with Crippen LogP contribution in [0, 0.1) is 0 Å². The SMILES string of the molecule is CCOCCn1c(=NC(=O)c2ccno2)sc2cc(C(=O)OC)ccc21. The summed E-state index contributed by atoms with van der Waals surface area (Å²) in [5.74, 6) is -0.876. The molecule has 2 aromatic heterocycles. The van der Waals surface area contributed by atoms with Crippen LogP contribution in [0.5, 0.6) is 0 Å². The van der Waals surface area contributed by atoms with Gasteiger partial charge in [-0.1, -0.05) is 16.5 Å². The van der Waals surface area contributed by atoms with Gasteiger partial charge in [-0.3, -0.25) is 4.79 Å². The number of hydrogen-bond donors (Lipinski definition) is 0. The maximum atomic E-state index is 12.2. The van der Waals surface area contributed by atoms with Crippen LogP contribution in [-0.2, 0) is 16.0 Å². The third kappa shape index (κ3) is 3.73. The largest absolute Gasteiger partial charge is 0.465 e. The number of methoxy groups -OCH3 is 1. The fraction of sp³-hybridized carbons (Fsp3) is 0.294. The van der Waals surface area contributed by atoms with Crippen LogP contribution in [0.4, 0.5) is 0 Å². The predicted octanol–water partition coefficient (Wildman–Crippen LogP) is 2.25. The number of nitrogens with zero attached hydrogens (tertiary/aromatic N) is 3. The fourth-order valence-electron chi connectivity index (χ4n) is 2.39. The third-order valence-electron chi connectivity index (χ3n) is 3.61. The molecule has 0 atom stereocenters. The van der Waals surface area contributed by atoms with Gasteiger partial charge in [0, 0.05) is 19.2 Å². The van der Waals surface area contributed by atoms with Crippen LogP contribution in [0.1, 0.15) is 27.8 Å². The first-order valence-electron chi connectivity index (χ1n) is 7.93. The molecule has 1 amide bonds. The van der Waals surface area contributed by atoms with Crippen molar-refractivity contribution in [2.75, 3.05) is 20.3 Å². The summed E-state index contributed by atoms with van der Waals surface area (Å²) in [5, 5.41) is 3.52. The standard InChI is InChI=1S/C17H17N3O5S/c1-3-24-9-8-20-12-5-4-11(16(22)23-2)10-14(12)26-17(20)19-15(21)13-6-7-18-25-13/h4-7,10H,3,8-9H2,1-2H3. The average molecular weight is 375 g/mol. The van der Waals surface area contributed by atoms with Crippen molar-refractivity contribution in [3.8, 4) is 0 Å². The molecule has 0 aliphatic rings. The van der Waals surface area contributed by atoms with Crippen LogP contribution in [0.15, 0.2) is 40.0 Å². The summed E-state index contributed by atoms with van der Waals surface area (Å²) in [6.45, 7) is 3.51. The van der Waals surface area contributed by atoms with Crippen molar-refractivity contribution in [2.24, 2.45) is 4.99 Å². The Morgan fingerprint density at radius 3 is 2.88 bits per heavy atom. The zero-order chi connectivity index (χ0) is 18.5. The van der Waals surface area contributed by atoms with E-state index < -0.39 is 11.9 Å². The monoisotopic (exact) mass is 375 g/mol. The second-order valence-corrected chi connectivity index (χ2v) is 6.21. The Hall–Kier alpha value is -2.78. The van der Waals surface area contributed by atoms with Crippen LogP contribution in [0.2, 0.25) is 0 Å². The maximum Gasteiger partial charge on any atom is 0.337 e. The number of amides is 1. The molecular formula is C17H17N3O5S. The molecule has 0 radical (unpaired) electrons. The van der Waals surface area contributed by atoms with Crippen molar-refractivity contribution in [3.05, 3.63) is 46.6 Å². The van der Waals surface area contributed by atoms with Crippen LogP contribution >= 0.6 is 11.3 Å². The van der Waals surface area contributed by atoms with Crippen molar-refractivity contribution in [2.45, 2.75) is 13.5 Å². The van der Waals surface area contributed by atoms with Crippen LogP contribution < -0.4 is 4.80 Å². The summed E-state index contributed by atoms with van der Waals surface area (Å²) < 4.78 is 17.7. The first kappa shape index (κ1) is 18.0. The number of carbonyl (C=O) groups is 2. The van der Waals surface area contributed by atoms with Crippen molar-refractivity contribution < 1.29 is 23.6 Å². The maximum absolute atomic E-state index is 12.2. The van der Waals surface area contributed by atoms with Crippen LogP contribution in [0.3, 0.4) is 0 Å². The van der Waals surface area contributed by atoms with E-state index in [1.54, 1.807) is 12.1 Å². The molecule has 0 spiro atoms. The molecule has 0 saturated carbocycles. The number of rotatable bonds is 6. The summed E-state index contributed by atoms with van der Waals surface area (Å²) in [4.78, 5) is 28.6. The molecule has 0 unspecified atom stereocenters. The van der Waals surface area contributed by atoms with E-state index in [0.29, 0.717) is 30.1 Å². The molecule has 2 heterocycles. The smallest absolute Gasteiger partial charge is 0.337 e. The summed E-state index contributed by atoms with van der Waals surface area (Å²) in [6.07, 6.45) is 1.39. The molecule has 8 nitrogen and oxygen atoms in total. The molecule has 0 aliphatic carbocycles. The van der Waals surface area contributed by atoms with E-state index in [1.807, 2.05) is 17.6 Å². The van der Waals surface area contributed by atoms with Gasteiger partial charge in [-0.25, -0.2) is 4.79 Å². The number of thiazole rings is 1. The number of benzene rings is 1. The molecule has 0 bridgehead atoms. The summed E-state index contributed by atoms with van der Waals surface area (Å²) >= 11 is 1.30. The summed E-state index contributed by atoms with van der Waals surface area (Å²) in [7, 11) is 1.33. The third-order valence-corrected chi connectivity index (χ3v) is 4.65. The highest BCUT2D eigenvalue weighted by atomic mass is 32.1. The molecule has 1 aromatic carbocycles. The van der Waals surface area contributed by atoms with Gasteiger partial charge >= 0.3 is 11.9 Å². The molecule has 0 aliphatic heterocycles.